The Balaban J connectivity index is 2.35. The molecule has 2 aromatic rings. The summed E-state index contributed by atoms with van der Waals surface area (Å²) >= 11 is 0. The molecule has 0 bridgehead atoms. The van der Waals surface area contributed by atoms with Gasteiger partial charge in [-0.3, -0.25) is 0 Å². The fourth-order valence-corrected chi connectivity index (χ4v) is 1.51. The van der Waals surface area contributed by atoms with Crippen LogP contribution in [0.5, 0.6) is 0 Å². The Morgan fingerprint density at radius 1 is 1.31 bits per heavy atom. The van der Waals surface area contributed by atoms with Crippen LogP contribution in [0, 0.1) is 13.8 Å². The Bertz CT molecular complexity index is 487. The van der Waals surface area contributed by atoms with Crippen LogP contribution in [0.15, 0.2) is 14.9 Å². The number of nitrogens with two attached hydrogens (primary N) is 1. The molecule has 0 saturated carbocycles. The zero-order valence-electron chi connectivity index (χ0n) is 9.65. The first-order chi connectivity index (χ1) is 7.61. The molecule has 1 unspecified atom stereocenters. The zero-order chi connectivity index (χ0) is 11.7. The van der Waals surface area contributed by atoms with E-state index in [1.807, 2.05) is 26.8 Å². The summed E-state index contributed by atoms with van der Waals surface area (Å²) in [5, 5.41) is 7.90. The predicted octanol–water partition coefficient (Wildman–Crippen LogP) is 2.36. The summed E-state index contributed by atoms with van der Waals surface area (Å²) in [6.07, 6.45) is 0.769. The van der Waals surface area contributed by atoms with E-state index in [9.17, 15) is 0 Å². The van der Waals surface area contributed by atoms with Gasteiger partial charge in [-0.05, 0) is 26.3 Å². The monoisotopic (exact) mass is 221 g/mol. The molecule has 0 fully saturated rings. The minimum atomic E-state index is -0.199. The van der Waals surface area contributed by atoms with Gasteiger partial charge in [0.05, 0.1) is 11.6 Å². The maximum atomic E-state index is 5.81. The van der Waals surface area contributed by atoms with Gasteiger partial charge in [0, 0.05) is 0 Å². The average molecular weight is 221 g/mol. The number of hydrogen-bond donors (Lipinski definition) is 1. The number of aryl methyl sites for hydroxylation is 2. The highest BCUT2D eigenvalue weighted by molar-refractivity contribution is 5.55. The molecule has 0 aromatic carbocycles. The maximum Gasteiger partial charge on any atom is 0.251 e. The van der Waals surface area contributed by atoms with Crippen molar-refractivity contribution in [3.63, 3.8) is 0 Å². The van der Waals surface area contributed by atoms with Gasteiger partial charge in [0.25, 0.3) is 5.89 Å². The fraction of sp³-hybridized carbons (Fsp3) is 0.455. The zero-order valence-corrected chi connectivity index (χ0v) is 9.65. The van der Waals surface area contributed by atoms with E-state index in [-0.39, 0.29) is 6.04 Å². The molecule has 5 heteroatoms. The molecule has 2 N–H and O–H groups in total. The average Bonchev–Trinajstić information content (AvgIpc) is 2.83. The lowest BCUT2D eigenvalue weighted by molar-refractivity contribution is 0.451. The van der Waals surface area contributed by atoms with Crippen LogP contribution in [0.2, 0.25) is 0 Å². The number of rotatable bonds is 3. The summed E-state index contributed by atoms with van der Waals surface area (Å²) < 4.78 is 10.9. The molecular formula is C11H15N3O2. The molecule has 2 rings (SSSR count). The lowest BCUT2D eigenvalue weighted by Gasteiger charge is -1.99. The first-order valence-corrected chi connectivity index (χ1v) is 5.28. The highest BCUT2D eigenvalue weighted by Gasteiger charge is 2.17. The summed E-state index contributed by atoms with van der Waals surface area (Å²) in [4.78, 5) is 0. The third-order valence-corrected chi connectivity index (χ3v) is 2.47. The number of furan rings is 1. The Kier molecular flexibility index (Phi) is 2.78. The second kappa shape index (κ2) is 4.09. The van der Waals surface area contributed by atoms with Crippen LogP contribution in [-0.4, -0.2) is 10.2 Å². The molecule has 0 amide bonds. The van der Waals surface area contributed by atoms with Crippen LogP contribution in [0.3, 0.4) is 0 Å². The van der Waals surface area contributed by atoms with E-state index in [4.69, 9.17) is 14.6 Å². The minimum Gasteiger partial charge on any atom is -0.466 e. The highest BCUT2D eigenvalue weighted by Crippen LogP contribution is 2.26. The van der Waals surface area contributed by atoms with Crippen molar-refractivity contribution in [1.82, 2.24) is 10.2 Å². The van der Waals surface area contributed by atoms with Crippen LogP contribution in [-0.2, 0) is 0 Å². The normalized spacial score (nSPS) is 13.0. The lowest BCUT2D eigenvalue weighted by Crippen LogP contribution is -2.08. The van der Waals surface area contributed by atoms with Crippen molar-refractivity contribution in [2.45, 2.75) is 33.2 Å². The minimum absolute atomic E-state index is 0.199. The fourth-order valence-electron chi connectivity index (χ4n) is 1.51. The Morgan fingerprint density at radius 3 is 2.62 bits per heavy atom. The van der Waals surface area contributed by atoms with Crippen molar-refractivity contribution in [2.75, 3.05) is 0 Å². The summed E-state index contributed by atoms with van der Waals surface area (Å²) in [5.41, 5.74) is 6.64. The van der Waals surface area contributed by atoms with Gasteiger partial charge in [0.1, 0.15) is 11.5 Å². The van der Waals surface area contributed by atoms with Gasteiger partial charge in [-0.25, -0.2) is 0 Å². The molecule has 0 radical (unpaired) electrons. The predicted molar refractivity (Wildman–Crippen MR) is 58.7 cm³/mol. The van der Waals surface area contributed by atoms with Crippen molar-refractivity contribution in [3.05, 3.63) is 23.5 Å². The van der Waals surface area contributed by atoms with Crippen molar-refractivity contribution in [1.29, 1.82) is 0 Å². The molecule has 2 aromatic heterocycles. The molecule has 2 heterocycles. The van der Waals surface area contributed by atoms with Crippen molar-refractivity contribution in [2.24, 2.45) is 5.73 Å². The van der Waals surface area contributed by atoms with Crippen LogP contribution >= 0.6 is 0 Å². The van der Waals surface area contributed by atoms with Gasteiger partial charge in [0.15, 0.2) is 0 Å². The summed E-state index contributed by atoms with van der Waals surface area (Å²) in [6, 6.07) is 1.68. The lowest BCUT2D eigenvalue weighted by atomic mass is 10.2. The SMILES string of the molecule is CCC(N)c1nnc(-c2cc(C)oc2C)o1. The maximum absolute atomic E-state index is 5.81. The molecule has 5 nitrogen and oxygen atoms in total. The first kappa shape index (κ1) is 10.9. The number of aromatic nitrogens is 2. The molecule has 0 aliphatic heterocycles. The second-order valence-electron chi connectivity index (χ2n) is 3.79. The first-order valence-electron chi connectivity index (χ1n) is 5.28. The molecular weight excluding hydrogens is 206 g/mol. The topological polar surface area (TPSA) is 78.1 Å². The molecule has 1 atom stereocenters. The highest BCUT2D eigenvalue weighted by atomic mass is 16.4. The number of hydrogen-bond acceptors (Lipinski definition) is 5. The summed E-state index contributed by atoms with van der Waals surface area (Å²) in [7, 11) is 0. The molecule has 16 heavy (non-hydrogen) atoms. The molecule has 0 saturated heterocycles. The van der Waals surface area contributed by atoms with E-state index >= 15 is 0 Å². The van der Waals surface area contributed by atoms with E-state index in [0.29, 0.717) is 11.8 Å². The van der Waals surface area contributed by atoms with Gasteiger partial charge >= 0.3 is 0 Å². The van der Waals surface area contributed by atoms with E-state index in [1.165, 1.54) is 0 Å². The third kappa shape index (κ3) is 1.86. The van der Waals surface area contributed by atoms with Crippen LogP contribution in [0.1, 0.15) is 36.8 Å². The van der Waals surface area contributed by atoms with Gasteiger partial charge < -0.3 is 14.6 Å². The van der Waals surface area contributed by atoms with E-state index in [0.717, 1.165) is 23.5 Å². The van der Waals surface area contributed by atoms with Crippen molar-refractivity contribution >= 4 is 0 Å². The van der Waals surface area contributed by atoms with Crippen molar-refractivity contribution < 1.29 is 8.83 Å². The molecule has 0 aliphatic carbocycles. The molecule has 86 valence electrons. The quantitative estimate of drug-likeness (QED) is 0.860. The molecule has 0 aliphatic rings. The largest absolute Gasteiger partial charge is 0.466 e. The standard InChI is InChI=1S/C11H15N3O2/c1-4-9(12)11-14-13-10(16-11)8-5-6(2)15-7(8)3/h5,9H,4,12H2,1-3H3. The van der Waals surface area contributed by atoms with Gasteiger partial charge in [0.2, 0.25) is 5.89 Å². The van der Waals surface area contributed by atoms with E-state index in [2.05, 4.69) is 10.2 Å². The molecule has 0 spiro atoms. The summed E-state index contributed by atoms with van der Waals surface area (Å²) in [6.45, 7) is 5.72. The van der Waals surface area contributed by atoms with Crippen LogP contribution < -0.4 is 5.73 Å². The summed E-state index contributed by atoms with van der Waals surface area (Å²) in [5.74, 6) is 2.54. The van der Waals surface area contributed by atoms with Gasteiger partial charge in [-0.15, -0.1) is 10.2 Å². The Morgan fingerprint density at radius 2 is 2.06 bits per heavy atom. The van der Waals surface area contributed by atoms with Crippen LogP contribution in [0.4, 0.5) is 0 Å². The smallest absolute Gasteiger partial charge is 0.251 e. The van der Waals surface area contributed by atoms with Gasteiger partial charge in [-0.1, -0.05) is 6.92 Å². The van der Waals surface area contributed by atoms with E-state index < -0.39 is 0 Å². The third-order valence-electron chi connectivity index (χ3n) is 2.47. The second-order valence-corrected chi connectivity index (χ2v) is 3.79. The van der Waals surface area contributed by atoms with Crippen molar-refractivity contribution in [3.8, 4) is 11.5 Å². The van der Waals surface area contributed by atoms with Gasteiger partial charge in [-0.2, -0.15) is 0 Å². The Hall–Kier alpha value is -1.62. The number of nitrogens with zero attached hydrogens (tertiary/aromatic N) is 2. The van der Waals surface area contributed by atoms with E-state index in [1.54, 1.807) is 0 Å². The Labute approximate surface area is 93.6 Å². The van der Waals surface area contributed by atoms with Crippen LogP contribution in [0.25, 0.3) is 11.5 Å².